The number of hydrogen-bond donors (Lipinski definition) is 0. The summed E-state index contributed by atoms with van der Waals surface area (Å²) in [5, 5.41) is 0. The molecular formula is C22H25NO5. The quantitative estimate of drug-likeness (QED) is 0.515. The Bertz CT molecular complexity index is 843. The minimum atomic E-state index is -0.390. The van der Waals surface area contributed by atoms with Crippen molar-refractivity contribution >= 4 is 18.0 Å². The number of hydrogen-bond acceptors (Lipinski definition) is 5. The molecule has 1 amide bonds. The zero-order valence-corrected chi connectivity index (χ0v) is 16.6. The molecule has 2 aromatic rings. The molecule has 0 fully saturated rings. The van der Waals surface area contributed by atoms with E-state index in [0.29, 0.717) is 30.2 Å². The van der Waals surface area contributed by atoms with Crippen molar-refractivity contribution in [3.8, 4) is 11.5 Å². The lowest BCUT2D eigenvalue weighted by Gasteiger charge is -2.20. The van der Waals surface area contributed by atoms with Crippen molar-refractivity contribution in [1.29, 1.82) is 0 Å². The average Bonchev–Trinajstić information content (AvgIpc) is 2.75. The second-order valence-electron chi connectivity index (χ2n) is 5.99. The summed E-state index contributed by atoms with van der Waals surface area (Å²) in [5.74, 6) is 0.786. The van der Waals surface area contributed by atoms with E-state index in [1.54, 1.807) is 49.5 Å². The van der Waals surface area contributed by atoms with Crippen LogP contribution >= 0.6 is 0 Å². The molecular weight excluding hydrogens is 358 g/mol. The smallest absolute Gasteiger partial charge is 0.337 e. The summed E-state index contributed by atoms with van der Waals surface area (Å²) >= 11 is 0. The predicted molar refractivity (Wildman–Crippen MR) is 107 cm³/mol. The molecule has 0 bridgehead atoms. The summed E-state index contributed by atoms with van der Waals surface area (Å²) in [6, 6.07) is 12.5. The van der Waals surface area contributed by atoms with Gasteiger partial charge in [-0.1, -0.05) is 18.2 Å². The molecule has 0 unspecified atom stereocenters. The van der Waals surface area contributed by atoms with Gasteiger partial charge in [0.1, 0.15) is 0 Å². The molecule has 148 valence electrons. The monoisotopic (exact) mass is 383 g/mol. The van der Waals surface area contributed by atoms with Crippen LogP contribution in [-0.4, -0.2) is 44.7 Å². The van der Waals surface area contributed by atoms with Gasteiger partial charge in [0.25, 0.3) is 0 Å². The first kappa shape index (κ1) is 21.0. The van der Waals surface area contributed by atoms with E-state index < -0.39 is 5.97 Å². The lowest BCUT2D eigenvalue weighted by Crippen LogP contribution is -2.28. The lowest BCUT2D eigenvalue weighted by atomic mass is 10.1. The Labute approximate surface area is 165 Å². The van der Waals surface area contributed by atoms with Crippen LogP contribution < -0.4 is 9.47 Å². The third kappa shape index (κ3) is 5.36. The Morgan fingerprint density at radius 2 is 1.64 bits per heavy atom. The zero-order valence-electron chi connectivity index (χ0n) is 16.6. The van der Waals surface area contributed by atoms with Gasteiger partial charge in [0, 0.05) is 19.2 Å². The van der Waals surface area contributed by atoms with E-state index in [-0.39, 0.29) is 5.91 Å². The molecule has 6 heteroatoms. The number of rotatable bonds is 8. The normalized spacial score (nSPS) is 10.6. The molecule has 0 N–H and O–H groups in total. The van der Waals surface area contributed by atoms with Crippen LogP contribution in [0.15, 0.2) is 48.5 Å². The maximum atomic E-state index is 12.6. The molecule has 0 aromatic heterocycles. The van der Waals surface area contributed by atoms with Crippen molar-refractivity contribution in [1.82, 2.24) is 4.90 Å². The van der Waals surface area contributed by atoms with E-state index >= 15 is 0 Å². The summed E-state index contributed by atoms with van der Waals surface area (Å²) in [5.41, 5.74) is 2.24. The second kappa shape index (κ2) is 10.2. The molecule has 0 radical (unpaired) electrons. The molecule has 6 nitrogen and oxygen atoms in total. The van der Waals surface area contributed by atoms with Gasteiger partial charge in [0.2, 0.25) is 5.91 Å². The molecule has 0 saturated heterocycles. The maximum absolute atomic E-state index is 12.6. The van der Waals surface area contributed by atoms with Gasteiger partial charge in [-0.2, -0.15) is 0 Å². The highest BCUT2D eigenvalue weighted by atomic mass is 16.5. The fraction of sp³-hybridized carbons (Fsp3) is 0.273. The first-order valence-corrected chi connectivity index (χ1v) is 8.88. The lowest BCUT2D eigenvalue weighted by molar-refractivity contribution is -0.126. The molecule has 0 atom stereocenters. The largest absolute Gasteiger partial charge is 0.493 e. The summed E-state index contributed by atoms with van der Waals surface area (Å²) < 4.78 is 15.2. The molecule has 2 rings (SSSR count). The van der Waals surface area contributed by atoms with E-state index in [1.165, 1.54) is 13.2 Å². The first-order valence-electron chi connectivity index (χ1n) is 8.88. The highest BCUT2D eigenvalue weighted by Gasteiger charge is 2.12. The summed E-state index contributed by atoms with van der Waals surface area (Å²) in [6.07, 6.45) is 3.25. The molecule has 0 aliphatic heterocycles. The number of methoxy groups -OCH3 is 3. The van der Waals surface area contributed by atoms with Crippen LogP contribution in [0.5, 0.6) is 11.5 Å². The number of benzene rings is 2. The summed E-state index contributed by atoms with van der Waals surface area (Å²) in [7, 11) is 4.51. The molecule has 0 spiro atoms. The number of ether oxygens (including phenoxy) is 3. The van der Waals surface area contributed by atoms with Crippen LogP contribution in [0.4, 0.5) is 0 Å². The molecule has 0 aliphatic rings. The van der Waals surface area contributed by atoms with Crippen LogP contribution in [0.1, 0.15) is 28.4 Å². The van der Waals surface area contributed by atoms with E-state index in [0.717, 1.165) is 11.1 Å². The first-order chi connectivity index (χ1) is 13.5. The number of esters is 1. The summed E-state index contributed by atoms with van der Waals surface area (Å²) in [6.45, 7) is 2.96. The van der Waals surface area contributed by atoms with Gasteiger partial charge < -0.3 is 19.1 Å². The van der Waals surface area contributed by atoms with E-state index in [2.05, 4.69) is 4.74 Å². The van der Waals surface area contributed by atoms with Gasteiger partial charge in [-0.15, -0.1) is 0 Å². The van der Waals surface area contributed by atoms with Gasteiger partial charge in [0.05, 0.1) is 26.9 Å². The zero-order chi connectivity index (χ0) is 20.5. The molecule has 0 heterocycles. The van der Waals surface area contributed by atoms with Crippen molar-refractivity contribution in [3.63, 3.8) is 0 Å². The molecule has 0 saturated carbocycles. The highest BCUT2D eigenvalue weighted by molar-refractivity contribution is 5.92. The third-order valence-electron chi connectivity index (χ3n) is 4.26. The Hall–Kier alpha value is -3.28. The van der Waals surface area contributed by atoms with Gasteiger partial charge in [0.15, 0.2) is 11.5 Å². The van der Waals surface area contributed by atoms with Gasteiger partial charge in [-0.25, -0.2) is 4.79 Å². The third-order valence-corrected chi connectivity index (χ3v) is 4.26. The highest BCUT2D eigenvalue weighted by Crippen LogP contribution is 2.28. The Morgan fingerprint density at radius 1 is 0.964 bits per heavy atom. The number of carbonyl (C=O) groups excluding carboxylic acids is 2. The Kier molecular flexibility index (Phi) is 7.63. The van der Waals surface area contributed by atoms with Crippen LogP contribution in [0, 0.1) is 0 Å². The van der Waals surface area contributed by atoms with Gasteiger partial charge >= 0.3 is 5.97 Å². The average molecular weight is 383 g/mol. The minimum Gasteiger partial charge on any atom is -0.493 e. The van der Waals surface area contributed by atoms with Crippen molar-refractivity contribution in [2.45, 2.75) is 13.5 Å². The van der Waals surface area contributed by atoms with Crippen LogP contribution in [-0.2, 0) is 16.1 Å². The number of nitrogens with zero attached hydrogens (tertiary/aromatic N) is 1. The molecule has 0 aliphatic carbocycles. The summed E-state index contributed by atoms with van der Waals surface area (Å²) in [4.78, 5) is 25.7. The Morgan fingerprint density at radius 3 is 2.21 bits per heavy atom. The standard InChI is InChI=1S/C22H25NO5/c1-5-23(15-17-8-12-19(26-2)20(14-17)27-3)21(24)13-9-16-6-10-18(11-7-16)22(25)28-4/h6-14H,5,15H2,1-4H3/b13-9-. The van der Waals surface area contributed by atoms with Gasteiger partial charge in [-0.05, 0) is 48.4 Å². The van der Waals surface area contributed by atoms with E-state index in [4.69, 9.17) is 9.47 Å². The fourth-order valence-corrected chi connectivity index (χ4v) is 2.67. The SMILES string of the molecule is CCN(Cc1ccc(OC)c(OC)c1)C(=O)/C=C\c1ccc(C(=O)OC)cc1. The number of carbonyl (C=O) groups is 2. The maximum Gasteiger partial charge on any atom is 0.337 e. The van der Waals surface area contributed by atoms with Gasteiger partial charge in [-0.3, -0.25) is 4.79 Å². The van der Waals surface area contributed by atoms with Crippen molar-refractivity contribution < 1.29 is 23.8 Å². The Balaban J connectivity index is 2.06. The van der Waals surface area contributed by atoms with Crippen molar-refractivity contribution in [3.05, 3.63) is 65.2 Å². The fourth-order valence-electron chi connectivity index (χ4n) is 2.67. The predicted octanol–water partition coefficient (Wildman–Crippen LogP) is 3.55. The van der Waals surface area contributed by atoms with E-state index in [9.17, 15) is 9.59 Å². The van der Waals surface area contributed by atoms with Crippen molar-refractivity contribution in [2.75, 3.05) is 27.9 Å². The van der Waals surface area contributed by atoms with Crippen LogP contribution in [0.2, 0.25) is 0 Å². The van der Waals surface area contributed by atoms with Crippen molar-refractivity contribution in [2.24, 2.45) is 0 Å². The number of likely N-dealkylation sites (N-methyl/N-ethyl adjacent to an activating group) is 1. The van der Waals surface area contributed by atoms with Crippen LogP contribution in [0.3, 0.4) is 0 Å². The minimum absolute atomic E-state index is 0.102. The number of amides is 1. The second-order valence-corrected chi connectivity index (χ2v) is 5.99. The van der Waals surface area contributed by atoms with Crippen LogP contribution in [0.25, 0.3) is 6.08 Å². The topological polar surface area (TPSA) is 65.1 Å². The molecule has 28 heavy (non-hydrogen) atoms. The molecule has 2 aromatic carbocycles. The van der Waals surface area contributed by atoms with E-state index in [1.807, 2.05) is 25.1 Å².